The first kappa shape index (κ1) is 9.43. The summed E-state index contributed by atoms with van der Waals surface area (Å²) in [6.07, 6.45) is 1.61. The lowest BCUT2D eigenvalue weighted by molar-refractivity contribution is 0.355. The molecule has 0 aliphatic rings. The Balaban J connectivity index is 3.56. The topological polar surface area (TPSA) is 41.1 Å². The third-order valence-corrected chi connectivity index (χ3v) is 0.925. The number of rotatable bonds is 3. The monoisotopic (exact) mass is 143 g/mol. The highest BCUT2D eigenvalue weighted by atomic mass is 16.1. The lowest BCUT2D eigenvalue weighted by Crippen LogP contribution is -2.48. The zero-order chi connectivity index (χ0) is 8.20. The molecule has 0 aromatic rings. The van der Waals surface area contributed by atoms with Gasteiger partial charge in [-0.1, -0.05) is 0 Å². The van der Waals surface area contributed by atoms with E-state index in [9.17, 15) is 4.79 Å². The van der Waals surface area contributed by atoms with E-state index in [1.807, 2.05) is 27.7 Å². The SMILES string of the molecule is CC(N[C]=O)NC(C)(C)C. The van der Waals surface area contributed by atoms with Gasteiger partial charge in [-0.05, 0) is 27.7 Å². The molecule has 1 atom stereocenters. The zero-order valence-corrected chi connectivity index (χ0v) is 6.99. The number of amides is 1. The summed E-state index contributed by atoms with van der Waals surface area (Å²) in [7, 11) is 0. The second-order valence-electron chi connectivity index (χ2n) is 3.36. The van der Waals surface area contributed by atoms with Crippen molar-refractivity contribution in [2.75, 3.05) is 0 Å². The molecule has 0 rings (SSSR count). The van der Waals surface area contributed by atoms with Crippen LogP contribution >= 0.6 is 0 Å². The first-order valence-corrected chi connectivity index (χ1v) is 3.36. The van der Waals surface area contributed by atoms with Crippen LogP contribution in [-0.2, 0) is 4.79 Å². The lowest BCUT2D eigenvalue weighted by atomic mass is 10.1. The van der Waals surface area contributed by atoms with Gasteiger partial charge >= 0.3 is 6.41 Å². The highest BCUT2D eigenvalue weighted by Crippen LogP contribution is 1.98. The average Bonchev–Trinajstić information content (AvgIpc) is 1.59. The third kappa shape index (κ3) is 5.56. The second-order valence-corrected chi connectivity index (χ2v) is 3.36. The summed E-state index contributed by atoms with van der Waals surface area (Å²) in [4.78, 5) is 9.83. The predicted molar refractivity (Wildman–Crippen MR) is 41.2 cm³/mol. The molecule has 3 nitrogen and oxygen atoms in total. The average molecular weight is 143 g/mol. The van der Waals surface area contributed by atoms with Gasteiger partial charge in [0.1, 0.15) is 0 Å². The van der Waals surface area contributed by atoms with E-state index in [4.69, 9.17) is 0 Å². The van der Waals surface area contributed by atoms with Crippen molar-refractivity contribution in [2.45, 2.75) is 39.4 Å². The van der Waals surface area contributed by atoms with Gasteiger partial charge in [0.25, 0.3) is 0 Å². The van der Waals surface area contributed by atoms with Crippen LogP contribution in [0.5, 0.6) is 0 Å². The van der Waals surface area contributed by atoms with Gasteiger partial charge < -0.3 is 5.32 Å². The van der Waals surface area contributed by atoms with Crippen LogP contribution in [-0.4, -0.2) is 18.1 Å². The van der Waals surface area contributed by atoms with Crippen molar-refractivity contribution in [3.05, 3.63) is 0 Å². The molecule has 0 bridgehead atoms. The number of carbonyl (C=O) groups excluding carboxylic acids is 1. The van der Waals surface area contributed by atoms with Crippen molar-refractivity contribution >= 4 is 6.41 Å². The van der Waals surface area contributed by atoms with E-state index in [2.05, 4.69) is 10.6 Å². The van der Waals surface area contributed by atoms with E-state index in [1.54, 1.807) is 6.41 Å². The first-order valence-electron chi connectivity index (χ1n) is 3.36. The standard InChI is InChI=1S/C7H15N2O/c1-6(8-5-10)9-7(2,3)4/h6,9H,1-4H3,(H,8,10). The lowest BCUT2D eigenvalue weighted by Gasteiger charge is -2.25. The van der Waals surface area contributed by atoms with E-state index in [0.29, 0.717) is 0 Å². The van der Waals surface area contributed by atoms with Gasteiger partial charge in [0.2, 0.25) is 0 Å². The molecule has 0 fully saturated rings. The Morgan fingerprint density at radius 3 is 2.20 bits per heavy atom. The Hall–Kier alpha value is -0.570. The van der Waals surface area contributed by atoms with Crippen LogP contribution in [0.3, 0.4) is 0 Å². The molecule has 3 heteroatoms. The van der Waals surface area contributed by atoms with Gasteiger partial charge in [-0.15, -0.1) is 0 Å². The number of nitrogens with one attached hydrogen (secondary N) is 2. The molecule has 1 radical (unpaired) electrons. The van der Waals surface area contributed by atoms with Crippen LogP contribution < -0.4 is 10.6 Å². The predicted octanol–water partition coefficient (Wildman–Crippen LogP) is 0.377. The van der Waals surface area contributed by atoms with Gasteiger partial charge in [0.15, 0.2) is 0 Å². The molecular weight excluding hydrogens is 128 g/mol. The van der Waals surface area contributed by atoms with Crippen molar-refractivity contribution in [3.63, 3.8) is 0 Å². The highest BCUT2D eigenvalue weighted by molar-refractivity contribution is 5.47. The summed E-state index contributed by atoms with van der Waals surface area (Å²) in [6.45, 7) is 7.98. The van der Waals surface area contributed by atoms with E-state index >= 15 is 0 Å². The van der Waals surface area contributed by atoms with Gasteiger partial charge in [0, 0.05) is 5.54 Å². The van der Waals surface area contributed by atoms with E-state index in [0.717, 1.165) is 0 Å². The van der Waals surface area contributed by atoms with E-state index < -0.39 is 0 Å². The van der Waals surface area contributed by atoms with Crippen LogP contribution in [0.2, 0.25) is 0 Å². The first-order chi connectivity index (χ1) is 4.45. The highest BCUT2D eigenvalue weighted by Gasteiger charge is 2.11. The van der Waals surface area contributed by atoms with Crippen molar-refractivity contribution in [1.29, 1.82) is 0 Å². The Morgan fingerprint density at radius 1 is 1.40 bits per heavy atom. The van der Waals surface area contributed by atoms with Crippen molar-refractivity contribution in [1.82, 2.24) is 10.6 Å². The largest absolute Gasteiger partial charge is 0.333 e. The molecular formula is C7H15N2O. The van der Waals surface area contributed by atoms with Crippen molar-refractivity contribution < 1.29 is 4.79 Å². The summed E-state index contributed by atoms with van der Waals surface area (Å²) in [6, 6.07) is 0. The molecule has 0 saturated heterocycles. The fourth-order valence-corrected chi connectivity index (χ4v) is 0.774. The van der Waals surface area contributed by atoms with Crippen LogP contribution in [0.4, 0.5) is 0 Å². The Bertz CT molecular complexity index is 107. The number of hydrogen-bond donors (Lipinski definition) is 2. The number of hydrogen-bond acceptors (Lipinski definition) is 2. The molecule has 2 N–H and O–H groups in total. The Kier molecular flexibility index (Phi) is 3.36. The molecule has 0 aliphatic heterocycles. The quantitative estimate of drug-likeness (QED) is 0.443. The molecule has 59 valence electrons. The fraction of sp³-hybridized carbons (Fsp3) is 0.857. The van der Waals surface area contributed by atoms with Gasteiger partial charge in [-0.3, -0.25) is 10.1 Å². The van der Waals surface area contributed by atoms with Gasteiger partial charge in [-0.25, -0.2) is 0 Å². The molecule has 0 aromatic heterocycles. The van der Waals surface area contributed by atoms with E-state index in [1.165, 1.54) is 0 Å². The summed E-state index contributed by atoms with van der Waals surface area (Å²) in [5, 5.41) is 5.63. The molecule has 10 heavy (non-hydrogen) atoms. The molecule has 0 heterocycles. The molecule has 0 saturated carbocycles. The maximum atomic E-state index is 9.83. The van der Waals surface area contributed by atoms with Crippen molar-refractivity contribution in [2.24, 2.45) is 0 Å². The van der Waals surface area contributed by atoms with Crippen LogP contribution in [0.1, 0.15) is 27.7 Å². The molecule has 1 amide bonds. The normalized spacial score (nSPS) is 14.4. The van der Waals surface area contributed by atoms with Gasteiger partial charge in [-0.2, -0.15) is 0 Å². The van der Waals surface area contributed by atoms with Crippen LogP contribution in [0.15, 0.2) is 0 Å². The minimum Gasteiger partial charge on any atom is -0.333 e. The van der Waals surface area contributed by atoms with E-state index in [-0.39, 0.29) is 11.7 Å². The Morgan fingerprint density at radius 2 is 1.90 bits per heavy atom. The molecule has 0 aliphatic carbocycles. The van der Waals surface area contributed by atoms with Gasteiger partial charge in [0.05, 0.1) is 6.17 Å². The fourth-order valence-electron chi connectivity index (χ4n) is 0.774. The summed E-state index contributed by atoms with van der Waals surface area (Å²) < 4.78 is 0. The van der Waals surface area contributed by atoms with Crippen LogP contribution in [0, 0.1) is 0 Å². The zero-order valence-electron chi connectivity index (χ0n) is 6.99. The van der Waals surface area contributed by atoms with Crippen LogP contribution in [0.25, 0.3) is 0 Å². The molecule has 0 spiro atoms. The summed E-state index contributed by atoms with van der Waals surface area (Å²) in [5.41, 5.74) is 0.0310. The molecule has 0 aromatic carbocycles. The smallest absolute Gasteiger partial charge is 0.310 e. The summed E-state index contributed by atoms with van der Waals surface area (Å²) in [5.74, 6) is 0. The van der Waals surface area contributed by atoms with Crippen molar-refractivity contribution in [3.8, 4) is 0 Å². The maximum absolute atomic E-state index is 9.83. The molecule has 1 unspecified atom stereocenters. The third-order valence-electron chi connectivity index (χ3n) is 0.925. The minimum absolute atomic E-state index is 0.0162. The Labute approximate surface area is 62.2 Å². The second kappa shape index (κ2) is 3.56. The maximum Gasteiger partial charge on any atom is 0.310 e. The minimum atomic E-state index is -0.0162. The summed E-state index contributed by atoms with van der Waals surface area (Å²) >= 11 is 0.